The Labute approximate surface area is 229 Å². The number of fused-ring (bicyclic) bond motifs is 2. The number of carboxylic acids is 1. The molecule has 0 radical (unpaired) electrons. The molecule has 1 aliphatic heterocycles. The number of carboxylic acid groups (broad SMARTS) is 1. The molecule has 13 heteroatoms. The largest absolute Gasteiger partial charge is 0.542 e. The molecule has 6 rings (SSSR count). The van der Waals surface area contributed by atoms with Gasteiger partial charge in [-0.1, -0.05) is 35.3 Å². The van der Waals surface area contributed by atoms with E-state index in [1.165, 1.54) is 0 Å². The van der Waals surface area contributed by atoms with E-state index in [0.717, 1.165) is 71.0 Å². The highest BCUT2D eigenvalue weighted by Crippen LogP contribution is 2.33. The van der Waals surface area contributed by atoms with Crippen molar-refractivity contribution in [1.82, 2.24) is 15.0 Å². The van der Waals surface area contributed by atoms with Crippen molar-refractivity contribution in [2.24, 2.45) is 0 Å². The summed E-state index contributed by atoms with van der Waals surface area (Å²) in [4.78, 5) is 29.9. The molecular weight excluding hydrogens is 556 g/mol. The molecule has 0 saturated carbocycles. The Morgan fingerprint density at radius 3 is 2.41 bits per heavy atom. The molecule has 0 atom stereocenters. The van der Waals surface area contributed by atoms with Crippen LogP contribution in [0.5, 0.6) is 0 Å². The molecule has 4 heterocycles. The van der Waals surface area contributed by atoms with E-state index in [4.69, 9.17) is 38.1 Å². The Morgan fingerprint density at radius 2 is 1.72 bits per heavy atom. The molecule has 1 aliphatic rings. The molecule has 2 aromatic carbocycles. The van der Waals surface area contributed by atoms with Gasteiger partial charge in [-0.05, 0) is 37.1 Å². The zero-order valence-electron chi connectivity index (χ0n) is 20.2. The monoisotopic (exact) mass is 577 g/mol. The number of para-hydroxylation sites is 2. The summed E-state index contributed by atoms with van der Waals surface area (Å²) in [5, 5.41) is 9.86. The summed E-state index contributed by atoms with van der Waals surface area (Å²) in [6.07, 6.45) is -1.13. The fourth-order valence-electron chi connectivity index (χ4n) is 4.62. The summed E-state index contributed by atoms with van der Waals surface area (Å²) in [5.41, 5.74) is 5.08. The molecule has 4 N–H and O–H groups in total. The number of aromatic amines is 4. The second kappa shape index (κ2) is 10.7. The van der Waals surface area contributed by atoms with Crippen molar-refractivity contribution < 1.29 is 33.0 Å². The summed E-state index contributed by atoms with van der Waals surface area (Å²) in [7, 11) is 0. The molecule has 5 aromatic rings. The van der Waals surface area contributed by atoms with Crippen LogP contribution in [0.3, 0.4) is 0 Å². The van der Waals surface area contributed by atoms with Crippen molar-refractivity contribution in [2.75, 3.05) is 18.0 Å². The van der Waals surface area contributed by atoms with Gasteiger partial charge in [0.05, 0.1) is 40.4 Å². The number of anilines is 1. The van der Waals surface area contributed by atoms with Crippen LogP contribution in [0.15, 0.2) is 54.7 Å². The van der Waals surface area contributed by atoms with Crippen molar-refractivity contribution in [3.05, 3.63) is 70.6 Å². The summed E-state index contributed by atoms with van der Waals surface area (Å²) < 4.78 is 31.5. The van der Waals surface area contributed by atoms with Crippen LogP contribution in [0.4, 0.5) is 19.0 Å². The van der Waals surface area contributed by atoms with Gasteiger partial charge in [-0.15, -0.1) is 0 Å². The third kappa shape index (κ3) is 5.79. The molecule has 0 unspecified atom stereocenters. The van der Waals surface area contributed by atoms with Gasteiger partial charge in [0.15, 0.2) is 16.6 Å². The molecule has 39 heavy (non-hydrogen) atoms. The summed E-state index contributed by atoms with van der Waals surface area (Å²) in [6.45, 7) is 1.90. The number of hydrogen-bond acceptors (Lipinski definition) is 4. The number of hydrogen-bond donors (Lipinski definition) is 2. The highest BCUT2D eigenvalue weighted by Gasteiger charge is 2.32. The quantitative estimate of drug-likeness (QED) is 0.332. The number of benzene rings is 2. The van der Waals surface area contributed by atoms with Gasteiger partial charge in [-0.3, -0.25) is 4.90 Å². The van der Waals surface area contributed by atoms with Crippen LogP contribution < -0.4 is 20.0 Å². The Morgan fingerprint density at radius 1 is 1.03 bits per heavy atom. The summed E-state index contributed by atoms with van der Waals surface area (Å²) in [6, 6.07) is 16.1. The van der Waals surface area contributed by atoms with Crippen LogP contribution in [0, 0.1) is 0 Å². The van der Waals surface area contributed by atoms with E-state index in [9.17, 15) is 13.2 Å². The van der Waals surface area contributed by atoms with Crippen molar-refractivity contribution >= 4 is 57.1 Å². The highest BCUT2D eigenvalue weighted by molar-refractivity contribution is 6.42. The normalized spacial score (nSPS) is 14.4. The van der Waals surface area contributed by atoms with Crippen LogP contribution in [-0.4, -0.2) is 40.2 Å². The third-order valence-electron chi connectivity index (χ3n) is 6.52. The molecule has 0 aliphatic carbocycles. The molecule has 0 spiro atoms. The third-order valence-corrected chi connectivity index (χ3v) is 7.24. The first-order valence-corrected chi connectivity index (χ1v) is 12.7. The van der Waals surface area contributed by atoms with Gasteiger partial charge in [-0.25, -0.2) is 19.9 Å². The Kier molecular flexibility index (Phi) is 7.37. The number of imidazole rings is 2. The van der Waals surface area contributed by atoms with Crippen molar-refractivity contribution in [2.45, 2.75) is 24.9 Å². The van der Waals surface area contributed by atoms with Crippen LogP contribution in [0.25, 0.3) is 33.5 Å². The number of H-pyrrole nitrogens is 4. The Hall–Kier alpha value is -3.83. The lowest BCUT2D eigenvalue weighted by Crippen LogP contribution is -2.37. The zero-order valence-corrected chi connectivity index (χ0v) is 21.7. The lowest BCUT2D eigenvalue weighted by atomic mass is 9.96. The van der Waals surface area contributed by atoms with E-state index >= 15 is 0 Å². The van der Waals surface area contributed by atoms with Gasteiger partial charge in [0.2, 0.25) is 0 Å². The molecular formula is C26H22Cl2F3N6O2+. The lowest BCUT2D eigenvalue weighted by Gasteiger charge is -2.27. The van der Waals surface area contributed by atoms with Gasteiger partial charge in [0.1, 0.15) is 11.8 Å². The number of rotatable bonds is 3. The summed E-state index contributed by atoms with van der Waals surface area (Å²) in [5.74, 6) is 0.545. The number of nitrogens with zero attached hydrogens (tertiary/aromatic N) is 2. The number of nitrogens with one attached hydrogen (secondary N) is 4. The minimum Gasteiger partial charge on any atom is -0.542 e. The molecule has 1 saturated heterocycles. The number of aliphatic carboxylic acids is 1. The maximum absolute atomic E-state index is 10.5. The SMILES string of the molecule is Clc1cc2[nH]c(-c3ccc[nH+]c3N3CCC(c4nc5ccccc5[nH]4)CC3)[nH+]c2cc1Cl.O=C([O-])C(F)(F)F. The van der Waals surface area contributed by atoms with Crippen molar-refractivity contribution in [3.8, 4) is 11.4 Å². The predicted molar refractivity (Wildman–Crippen MR) is 138 cm³/mol. The number of alkyl halides is 3. The number of pyridine rings is 1. The van der Waals surface area contributed by atoms with Crippen molar-refractivity contribution in [1.29, 1.82) is 0 Å². The topological polar surface area (TPSA) is 116 Å². The van der Waals surface area contributed by atoms with Gasteiger partial charge in [0, 0.05) is 18.1 Å². The summed E-state index contributed by atoms with van der Waals surface area (Å²) >= 11 is 12.4. The number of aromatic nitrogens is 5. The average molecular weight is 578 g/mol. The van der Waals surface area contributed by atoms with Crippen LogP contribution in [0.2, 0.25) is 10.0 Å². The fourth-order valence-corrected chi connectivity index (χ4v) is 4.95. The number of carbonyl (C=O) groups excluding carboxylic acids is 1. The van der Waals surface area contributed by atoms with Gasteiger partial charge in [0.25, 0.3) is 11.6 Å². The highest BCUT2D eigenvalue weighted by atomic mass is 35.5. The number of carbonyl (C=O) groups is 1. The average Bonchev–Trinajstić information content (AvgIpc) is 3.53. The predicted octanol–water partition coefficient (Wildman–Crippen LogP) is 4.33. The zero-order chi connectivity index (χ0) is 27.7. The molecule has 1 fully saturated rings. The number of piperidine rings is 1. The molecule has 202 valence electrons. The standard InChI is InChI=1S/C24H20Cl2N6.C2HF3O2/c25-16-12-20-21(13-17(16)26)31-23(30-20)15-4-3-9-27-24(15)32-10-7-14(8-11-32)22-28-18-5-1-2-6-19(18)29-22;3-2(4,5)1(6)7/h1-6,9,12-14H,7-8,10-11H2,(H,28,29)(H,30,31);(H,6,7)/p+1. The molecule has 0 bridgehead atoms. The van der Waals surface area contributed by atoms with E-state index < -0.39 is 12.1 Å². The van der Waals surface area contributed by atoms with Gasteiger partial charge < -0.3 is 14.9 Å². The fraction of sp³-hybridized carbons (Fsp3) is 0.231. The minimum absolute atomic E-state index is 0.440. The maximum atomic E-state index is 10.5. The Bertz CT molecular complexity index is 1570. The first kappa shape index (κ1) is 26.8. The second-order valence-electron chi connectivity index (χ2n) is 9.06. The number of halogens is 5. The van der Waals surface area contributed by atoms with E-state index in [2.05, 4.69) is 43.0 Å². The van der Waals surface area contributed by atoms with Gasteiger partial charge in [-0.2, -0.15) is 13.2 Å². The van der Waals surface area contributed by atoms with Gasteiger partial charge >= 0.3 is 6.18 Å². The van der Waals surface area contributed by atoms with E-state index in [1.54, 1.807) is 0 Å². The smallest absolute Gasteiger partial charge is 0.430 e. The molecule has 0 amide bonds. The first-order valence-electron chi connectivity index (χ1n) is 12.0. The van der Waals surface area contributed by atoms with E-state index in [0.29, 0.717) is 16.0 Å². The van der Waals surface area contributed by atoms with Crippen molar-refractivity contribution in [3.63, 3.8) is 0 Å². The minimum atomic E-state index is -5.19. The first-order chi connectivity index (χ1) is 18.6. The maximum Gasteiger partial charge on any atom is 0.430 e. The molecule has 3 aromatic heterocycles. The van der Waals surface area contributed by atoms with E-state index in [-0.39, 0.29) is 0 Å². The van der Waals surface area contributed by atoms with Crippen LogP contribution >= 0.6 is 23.2 Å². The second-order valence-corrected chi connectivity index (χ2v) is 9.87. The van der Waals surface area contributed by atoms with Crippen LogP contribution in [-0.2, 0) is 4.79 Å². The molecule has 8 nitrogen and oxygen atoms in total. The van der Waals surface area contributed by atoms with E-state index in [1.807, 2.05) is 36.5 Å². The van der Waals surface area contributed by atoms with Crippen LogP contribution in [0.1, 0.15) is 24.6 Å². The lowest BCUT2D eigenvalue weighted by molar-refractivity contribution is -0.365. The Balaban J connectivity index is 0.000000392.